The smallest absolute Gasteiger partial charge is 0.211 e. The van der Waals surface area contributed by atoms with Crippen LogP contribution in [0.2, 0.25) is 0 Å². The standard InChI is InChI=1S/C42H92N6O4S2.ClH/c1-3-5-7-9-11-13-15-17-21-25-41-53(49,50)47-39-29-37-45-35-27-33-43-31-23-19-20-24-32-44-34-28-36-46-38-30-40-48-54(51,52)42-26-22-18-16-14-12-10-8-6-4-2;/h43-48H,3-42H2,1-2H3;1H. The van der Waals surface area contributed by atoms with Gasteiger partial charge in [0.25, 0.3) is 0 Å². The monoisotopic (exact) mass is 845 g/mol. The molecule has 0 aromatic rings. The Labute approximate surface area is 349 Å². The highest BCUT2D eigenvalue weighted by Gasteiger charge is 2.10. The minimum absolute atomic E-state index is 0. The van der Waals surface area contributed by atoms with Crippen molar-refractivity contribution in [3.8, 4) is 0 Å². The molecule has 0 aliphatic rings. The Morgan fingerprint density at radius 1 is 0.273 bits per heavy atom. The highest BCUT2D eigenvalue weighted by Crippen LogP contribution is 2.12. The molecule has 10 nitrogen and oxygen atoms in total. The third kappa shape index (κ3) is 48.2. The molecule has 334 valence electrons. The number of halogens is 1. The lowest BCUT2D eigenvalue weighted by Gasteiger charge is -2.09. The molecule has 0 atom stereocenters. The van der Waals surface area contributed by atoms with Crippen LogP contribution in [0.15, 0.2) is 0 Å². The van der Waals surface area contributed by atoms with Crippen molar-refractivity contribution in [3.63, 3.8) is 0 Å². The van der Waals surface area contributed by atoms with Gasteiger partial charge in [0.2, 0.25) is 20.0 Å². The Morgan fingerprint density at radius 3 is 0.782 bits per heavy atom. The Morgan fingerprint density at radius 2 is 0.491 bits per heavy atom. The predicted molar refractivity (Wildman–Crippen MR) is 243 cm³/mol. The van der Waals surface area contributed by atoms with Gasteiger partial charge in [-0.25, -0.2) is 26.3 Å². The molecular formula is C42H93ClN6O4S2. The first-order valence-corrected chi connectivity index (χ1v) is 26.4. The van der Waals surface area contributed by atoms with Crippen LogP contribution in [0, 0.1) is 0 Å². The Kier molecular flexibility index (Phi) is 46.7. The number of nitrogens with one attached hydrogen (secondary N) is 6. The van der Waals surface area contributed by atoms with Crippen molar-refractivity contribution in [1.29, 1.82) is 0 Å². The molecule has 0 rings (SSSR count). The van der Waals surface area contributed by atoms with Crippen LogP contribution < -0.4 is 30.7 Å². The summed E-state index contributed by atoms with van der Waals surface area (Å²) in [7, 11) is -6.27. The molecule has 0 unspecified atom stereocenters. The summed E-state index contributed by atoms with van der Waals surface area (Å²) in [6, 6.07) is 0. The maximum absolute atomic E-state index is 12.2. The van der Waals surface area contributed by atoms with E-state index in [9.17, 15) is 16.8 Å². The highest BCUT2D eigenvalue weighted by atomic mass is 35.5. The molecule has 0 saturated carbocycles. The van der Waals surface area contributed by atoms with Gasteiger partial charge in [-0.2, -0.15) is 0 Å². The third-order valence-corrected chi connectivity index (χ3v) is 13.0. The molecule has 0 fully saturated rings. The van der Waals surface area contributed by atoms with Gasteiger partial charge < -0.3 is 21.3 Å². The topological polar surface area (TPSA) is 140 Å². The lowest BCUT2D eigenvalue weighted by molar-refractivity contribution is 0.535. The average Bonchev–Trinajstić information content (AvgIpc) is 3.14. The molecule has 0 aliphatic carbocycles. The van der Waals surface area contributed by atoms with Gasteiger partial charge in [0, 0.05) is 13.1 Å². The molecule has 0 radical (unpaired) electrons. The van der Waals surface area contributed by atoms with E-state index in [0.717, 1.165) is 117 Å². The van der Waals surface area contributed by atoms with Gasteiger partial charge in [-0.15, -0.1) is 12.4 Å². The van der Waals surface area contributed by atoms with E-state index in [1.807, 2.05) is 0 Å². The van der Waals surface area contributed by atoms with Crippen molar-refractivity contribution in [2.24, 2.45) is 0 Å². The first-order chi connectivity index (χ1) is 26.3. The van der Waals surface area contributed by atoms with Gasteiger partial charge in [-0.1, -0.05) is 142 Å². The van der Waals surface area contributed by atoms with Crippen molar-refractivity contribution in [3.05, 3.63) is 0 Å². The zero-order valence-corrected chi connectivity index (χ0v) is 38.6. The largest absolute Gasteiger partial charge is 0.317 e. The molecule has 6 N–H and O–H groups in total. The summed E-state index contributed by atoms with van der Waals surface area (Å²) in [5.74, 6) is 0.520. The van der Waals surface area contributed by atoms with Gasteiger partial charge in [0.1, 0.15) is 0 Å². The molecule has 0 amide bonds. The van der Waals surface area contributed by atoms with E-state index < -0.39 is 20.0 Å². The first-order valence-electron chi connectivity index (χ1n) is 23.1. The number of hydrogen-bond donors (Lipinski definition) is 6. The fourth-order valence-electron chi connectivity index (χ4n) is 6.62. The molecule has 0 heterocycles. The maximum atomic E-state index is 12.2. The van der Waals surface area contributed by atoms with Crippen LogP contribution in [0.3, 0.4) is 0 Å². The first kappa shape index (κ1) is 57.0. The summed E-state index contributed by atoms with van der Waals surface area (Å²) >= 11 is 0. The van der Waals surface area contributed by atoms with E-state index in [-0.39, 0.29) is 23.9 Å². The summed E-state index contributed by atoms with van der Waals surface area (Å²) in [6.45, 7) is 13.3. The fourth-order valence-corrected chi connectivity index (χ4v) is 8.98. The van der Waals surface area contributed by atoms with Crippen LogP contribution in [0.4, 0.5) is 0 Å². The van der Waals surface area contributed by atoms with Gasteiger partial charge in [-0.05, 0) is 104 Å². The van der Waals surface area contributed by atoms with Gasteiger partial charge in [0.05, 0.1) is 11.5 Å². The molecule has 13 heteroatoms. The van der Waals surface area contributed by atoms with Crippen LogP contribution in [-0.4, -0.2) is 93.8 Å². The Bertz CT molecular complexity index is 888. The average molecular weight is 846 g/mol. The Hall–Kier alpha value is -0.0500. The lowest BCUT2D eigenvalue weighted by atomic mass is 10.1. The zero-order valence-electron chi connectivity index (χ0n) is 36.1. The Balaban J connectivity index is 0. The predicted octanol–water partition coefficient (Wildman–Crippen LogP) is 8.57. The van der Waals surface area contributed by atoms with Crippen LogP contribution in [0.1, 0.15) is 194 Å². The van der Waals surface area contributed by atoms with E-state index >= 15 is 0 Å². The van der Waals surface area contributed by atoms with Crippen molar-refractivity contribution in [2.45, 2.75) is 194 Å². The van der Waals surface area contributed by atoms with Crippen molar-refractivity contribution < 1.29 is 16.8 Å². The second-order valence-electron chi connectivity index (χ2n) is 15.6. The van der Waals surface area contributed by atoms with Crippen molar-refractivity contribution in [2.75, 3.05) is 77.0 Å². The lowest BCUT2D eigenvalue weighted by Crippen LogP contribution is -2.30. The molecule has 55 heavy (non-hydrogen) atoms. The minimum Gasteiger partial charge on any atom is -0.317 e. The number of rotatable bonds is 47. The van der Waals surface area contributed by atoms with E-state index in [1.54, 1.807) is 0 Å². The second kappa shape index (κ2) is 45.0. The maximum Gasteiger partial charge on any atom is 0.211 e. The van der Waals surface area contributed by atoms with Crippen molar-refractivity contribution in [1.82, 2.24) is 30.7 Å². The molecule has 0 spiro atoms. The summed E-state index contributed by atoms with van der Waals surface area (Å²) < 4.78 is 54.3. The highest BCUT2D eigenvalue weighted by molar-refractivity contribution is 7.89. The quantitative estimate of drug-likeness (QED) is 0.0335. The van der Waals surface area contributed by atoms with Gasteiger partial charge in [0.15, 0.2) is 0 Å². The normalized spacial score (nSPS) is 12.0. The molecule has 0 aromatic heterocycles. The van der Waals surface area contributed by atoms with E-state index in [2.05, 4.69) is 44.6 Å². The van der Waals surface area contributed by atoms with Crippen molar-refractivity contribution >= 4 is 32.5 Å². The molecular weight excluding hydrogens is 752 g/mol. The van der Waals surface area contributed by atoms with Crippen LogP contribution in [0.25, 0.3) is 0 Å². The van der Waals surface area contributed by atoms with Gasteiger partial charge in [-0.3, -0.25) is 0 Å². The van der Waals surface area contributed by atoms with Gasteiger partial charge >= 0.3 is 0 Å². The van der Waals surface area contributed by atoms with Crippen LogP contribution >= 0.6 is 12.4 Å². The minimum atomic E-state index is -3.13. The SMILES string of the molecule is CCCCCCCCCCCCS(=O)(=O)NCCCNCCCNCCCCCCNCCCNCCCNS(=O)(=O)CCCCCCCCCCCC.Cl. The zero-order chi connectivity index (χ0) is 39.5. The summed E-state index contributed by atoms with van der Waals surface area (Å²) in [5, 5.41) is 13.9. The molecule has 0 saturated heterocycles. The van der Waals surface area contributed by atoms with E-state index in [0.29, 0.717) is 13.1 Å². The van der Waals surface area contributed by atoms with E-state index in [4.69, 9.17) is 0 Å². The van der Waals surface area contributed by atoms with Crippen LogP contribution in [-0.2, 0) is 20.0 Å². The molecule has 0 bridgehead atoms. The second-order valence-corrected chi connectivity index (χ2v) is 19.5. The van der Waals surface area contributed by atoms with E-state index in [1.165, 1.54) is 116 Å². The third-order valence-electron chi connectivity index (χ3n) is 10.1. The molecule has 0 aromatic carbocycles. The number of unbranched alkanes of at least 4 members (excludes halogenated alkanes) is 21. The molecule has 0 aliphatic heterocycles. The summed E-state index contributed by atoms with van der Waals surface area (Å²) in [5.41, 5.74) is 0. The summed E-state index contributed by atoms with van der Waals surface area (Å²) in [4.78, 5) is 0. The number of hydrogen-bond acceptors (Lipinski definition) is 8. The van der Waals surface area contributed by atoms with Crippen LogP contribution in [0.5, 0.6) is 0 Å². The number of sulfonamides is 2. The fraction of sp³-hybridized carbons (Fsp3) is 1.00. The summed E-state index contributed by atoms with van der Waals surface area (Å²) in [6.07, 6.45) is 33.0.